The van der Waals surface area contributed by atoms with Crippen LogP contribution in [0.15, 0.2) is 0 Å². The maximum atomic E-state index is 12.4. The van der Waals surface area contributed by atoms with E-state index >= 15 is 0 Å². The Morgan fingerprint density at radius 2 is 2.05 bits per heavy atom. The lowest BCUT2D eigenvalue weighted by molar-refractivity contribution is -0.144. The highest BCUT2D eigenvalue weighted by molar-refractivity contribution is 7.09. The molecule has 1 N–H and O–H groups in total. The average Bonchev–Trinajstić information content (AvgIpc) is 2.97. The molecule has 4 nitrogen and oxygen atoms in total. The number of nitrogens with zero attached hydrogens (tertiary/aromatic N) is 3. The molecular formula is C11H15F3N4S. The predicted octanol–water partition coefficient (Wildman–Crippen LogP) is 2.60. The van der Waals surface area contributed by atoms with Crippen molar-refractivity contribution in [2.45, 2.75) is 43.9 Å². The first-order chi connectivity index (χ1) is 9.04. The summed E-state index contributed by atoms with van der Waals surface area (Å²) >= 11 is 0.792. The third kappa shape index (κ3) is 2.69. The molecule has 1 aromatic heterocycles. The lowest BCUT2D eigenvalue weighted by Crippen LogP contribution is -2.41. The van der Waals surface area contributed by atoms with Crippen LogP contribution in [0.25, 0.3) is 0 Å². The molecule has 0 amide bonds. The molecule has 2 aliphatic rings. The van der Waals surface area contributed by atoms with Crippen LogP contribution in [0.1, 0.15) is 31.5 Å². The minimum absolute atomic E-state index is 0.203. The Bertz CT molecular complexity index is 447. The number of halogens is 3. The van der Waals surface area contributed by atoms with Gasteiger partial charge in [0, 0.05) is 30.2 Å². The minimum atomic E-state index is -4.46. The van der Waals surface area contributed by atoms with E-state index in [1.165, 1.54) is 12.8 Å². The number of aromatic nitrogens is 2. The Morgan fingerprint density at radius 1 is 1.21 bits per heavy atom. The van der Waals surface area contributed by atoms with Crippen molar-refractivity contribution < 1.29 is 13.2 Å². The summed E-state index contributed by atoms with van der Waals surface area (Å²) in [4.78, 5) is 5.96. The number of anilines is 1. The number of piperidine rings is 1. The van der Waals surface area contributed by atoms with Crippen LogP contribution in [-0.4, -0.2) is 39.4 Å². The van der Waals surface area contributed by atoms with Gasteiger partial charge in [-0.25, -0.2) is 0 Å². The van der Waals surface area contributed by atoms with Crippen LogP contribution < -0.4 is 5.32 Å². The van der Waals surface area contributed by atoms with Crippen molar-refractivity contribution in [3.8, 4) is 0 Å². The topological polar surface area (TPSA) is 41.1 Å². The van der Waals surface area contributed by atoms with Crippen molar-refractivity contribution in [1.29, 1.82) is 0 Å². The van der Waals surface area contributed by atoms with E-state index in [0.717, 1.165) is 37.5 Å². The molecule has 8 heteroatoms. The van der Waals surface area contributed by atoms with E-state index in [4.69, 9.17) is 0 Å². The Morgan fingerprint density at radius 3 is 2.79 bits per heavy atom. The lowest BCUT2D eigenvalue weighted by Gasteiger charge is -2.32. The molecule has 2 aliphatic heterocycles. The second kappa shape index (κ2) is 4.90. The van der Waals surface area contributed by atoms with Crippen molar-refractivity contribution in [3.63, 3.8) is 0 Å². The molecule has 0 aliphatic carbocycles. The monoisotopic (exact) mass is 292 g/mol. The standard InChI is InChI=1S/C11H15F3N4S/c12-11(13,14)9-16-10(19-17-9)15-7-4-6-18-5-2-1-3-8(7)18/h7-8H,1-6H2,(H,15,16,17). The molecule has 0 bridgehead atoms. The minimum Gasteiger partial charge on any atom is -0.356 e. The summed E-state index contributed by atoms with van der Waals surface area (Å²) in [7, 11) is 0. The van der Waals surface area contributed by atoms with Gasteiger partial charge >= 0.3 is 6.18 Å². The quantitative estimate of drug-likeness (QED) is 0.909. The zero-order valence-electron chi connectivity index (χ0n) is 10.3. The van der Waals surface area contributed by atoms with Gasteiger partial charge in [0.1, 0.15) is 0 Å². The summed E-state index contributed by atoms with van der Waals surface area (Å²) in [6.45, 7) is 2.13. The molecule has 0 saturated carbocycles. The van der Waals surface area contributed by atoms with E-state index in [0.29, 0.717) is 6.04 Å². The van der Waals surface area contributed by atoms with Gasteiger partial charge in [-0.2, -0.15) is 22.5 Å². The first kappa shape index (κ1) is 13.1. The van der Waals surface area contributed by atoms with Crippen LogP contribution in [0.3, 0.4) is 0 Å². The van der Waals surface area contributed by atoms with E-state index in [2.05, 4.69) is 19.6 Å². The van der Waals surface area contributed by atoms with E-state index in [1.807, 2.05) is 0 Å². The van der Waals surface area contributed by atoms with Crippen LogP contribution in [0.2, 0.25) is 0 Å². The second-order valence-corrected chi connectivity index (χ2v) is 5.81. The Kier molecular flexibility index (Phi) is 3.38. The molecule has 2 saturated heterocycles. The van der Waals surface area contributed by atoms with Crippen LogP contribution in [0.4, 0.5) is 18.3 Å². The highest BCUT2D eigenvalue weighted by Gasteiger charge is 2.38. The third-order valence-corrected chi connectivity index (χ3v) is 4.49. The molecule has 3 rings (SSSR count). The lowest BCUT2D eigenvalue weighted by atomic mass is 9.99. The first-order valence-corrected chi connectivity index (χ1v) is 7.23. The van der Waals surface area contributed by atoms with E-state index in [1.54, 1.807) is 0 Å². The fourth-order valence-electron chi connectivity index (χ4n) is 2.97. The van der Waals surface area contributed by atoms with Crippen LogP contribution in [-0.2, 0) is 6.18 Å². The molecule has 19 heavy (non-hydrogen) atoms. The van der Waals surface area contributed by atoms with E-state index in [-0.39, 0.29) is 11.2 Å². The van der Waals surface area contributed by atoms with E-state index in [9.17, 15) is 13.2 Å². The molecule has 0 spiro atoms. The molecule has 0 aromatic carbocycles. The summed E-state index contributed by atoms with van der Waals surface area (Å²) in [6, 6.07) is 0.640. The molecule has 2 atom stereocenters. The van der Waals surface area contributed by atoms with Crippen molar-refractivity contribution in [3.05, 3.63) is 5.82 Å². The summed E-state index contributed by atoms with van der Waals surface area (Å²) in [5, 5.41) is 3.42. The van der Waals surface area contributed by atoms with Crippen molar-refractivity contribution in [1.82, 2.24) is 14.3 Å². The summed E-state index contributed by atoms with van der Waals surface area (Å²) in [5.74, 6) is -1.04. The van der Waals surface area contributed by atoms with Gasteiger partial charge in [0.25, 0.3) is 0 Å². The largest absolute Gasteiger partial charge is 0.452 e. The van der Waals surface area contributed by atoms with Gasteiger partial charge in [-0.3, -0.25) is 4.90 Å². The number of hydrogen-bond acceptors (Lipinski definition) is 5. The average molecular weight is 292 g/mol. The fourth-order valence-corrected chi connectivity index (χ4v) is 3.62. The van der Waals surface area contributed by atoms with Gasteiger partial charge in [-0.1, -0.05) is 6.42 Å². The Hall–Kier alpha value is -0.890. The molecule has 2 unspecified atom stereocenters. The number of alkyl halides is 3. The van der Waals surface area contributed by atoms with Crippen molar-refractivity contribution in [2.24, 2.45) is 0 Å². The third-order valence-electron chi connectivity index (χ3n) is 3.84. The van der Waals surface area contributed by atoms with Crippen molar-refractivity contribution >= 4 is 16.7 Å². The first-order valence-electron chi connectivity index (χ1n) is 6.45. The molecule has 2 fully saturated rings. The number of hydrogen-bond donors (Lipinski definition) is 1. The molecule has 0 radical (unpaired) electrons. The van der Waals surface area contributed by atoms with Gasteiger partial charge in [0.05, 0.1) is 0 Å². The molecule has 1 aromatic rings. The highest BCUT2D eigenvalue weighted by Crippen LogP contribution is 2.32. The van der Waals surface area contributed by atoms with E-state index < -0.39 is 12.0 Å². The summed E-state index contributed by atoms with van der Waals surface area (Å²) in [6.07, 6.45) is 0.0424. The maximum Gasteiger partial charge on any atom is 0.452 e. The SMILES string of the molecule is FC(F)(F)c1nsc(NC2CCN3CCCCC23)n1. The normalized spacial score (nSPS) is 28.4. The Balaban J connectivity index is 1.67. The van der Waals surface area contributed by atoms with Gasteiger partial charge in [0.15, 0.2) is 0 Å². The van der Waals surface area contributed by atoms with Crippen LogP contribution in [0, 0.1) is 0 Å². The zero-order chi connectivity index (χ0) is 13.5. The van der Waals surface area contributed by atoms with Crippen LogP contribution in [0.5, 0.6) is 0 Å². The van der Waals surface area contributed by atoms with Gasteiger partial charge in [-0.15, -0.1) is 0 Å². The Labute approximate surface area is 113 Å². The zero-order valence-corrected chi connectivity index (χ0v) is 11.1. The number of nitrogens with one attached hydrogen (secondary N) is 1. The summed E-state index contributed by atoms with van der Waals surface area (Å²) < 4.78 is 40.7. The molecule has 3 heterocycles. The smallest absolute Gasteiger partial charge is 0.356 e. The van der Waals surface area contributed by atoms with Crippen LogP contribution >= 0.6 is 11.5 Å². The van der Waals surface area contributed by atoms with Gasteiger partial charge < -0.3 is 5.32 Å². The van der Waals surface area contributed by atoms with Gasteiger partial charge in [-0.05, 0) is 25.8 Å². The molecular weight excluding hydrogens is 277 g/mol. The molecule has 106 valence electrons. The number of rotatable bonds is 2. The fraction of sp³-hybridized carbons (Fsp3) is 0.818. The van der Waals surface area contributed by atoms with Crippen molar-refractivity contribution in [2.75, 3.05) is 18.4 Å². The predicted molar refractivity (Wildman–Crippen MR) is 66.2 cm³/mol. The maximum absolute atomic E-state index is 12.4. The van der Waals surface area contributed by atoms with Gasteiger partial charge in [0.2, 0.25) is 11.0 Å². The second-order valence-electron chi connectivity index (χ2n) is 5.06. The summed E-state index contributed by atoms with van der Waals surface area (Å²) in [5.41, 5.74) is 0. The highest BCUT2D eigenvalue weighted by atomic mass is 32.1. The number of fused-ring (bicyclic) bond motifs is 1.